The Morgan fingerprint density at radius 2 is 1.59 bits per heavy atom. The van der Waals surface area contributed by atoms with E-state index in [-0.39, 0.29) is 11.6 Å². The third-order valence-corrected chi connectivity index (χ3v) is 3.99. The van der Waals surface area contributed by atoms with E-state index in [1.54, 1.807) is 6.92 Å². The van der Waals surface area contributed by atoms with Crippen molar-refractivity contribution in [1.82, 2.24) is 0 Å². The zero-order chi connectivity index (χ0) is 21.2. The highest BCUT2D eigenvalue weighted by molar-refractivity contribution is 5.96. The molecule has 8 heteroatoms. The van der Waals surface area contributed by atoms with Crippen molar-refractivity contribution in [1.29, 1.82) is 0 Å². The molecular formula is C21H27N3O5. The largest absolute Gasteiger partial charge is 0.490 e. The summed E-state index contributed by atoms with van der Waals surface area (Å²) in [5.41, 5.74) is 1.19. The second-order valence-electron chi connectivity index (χ2n) is 6.52. The molecule has 0 aliphatic rings. The van der Waals surface area contributed by atoms with E-state index in [2.05, 4.69) is 10.6 Å². The van der Waals surface area contributed by atoms with Gasteiger partial charge in [0.05, 0.1) is 18.1 Å². The summed E-state index contributed by atoms with van der Waals surface area (Å²) in [5.74, 6) is 1.04. The Balaban J connectivity index is 2.03. The first-order chi connectivity index (χ1) is 13.9. The molecule has 8 nitrogen and oxygen atoms in total. The second kappa shape index (κ2) is 10.9. The van der Waals surface area contributed by atoms with Crippen molar-refractivity contribution in [3.05, 3.63) is 52.6 Å². The number of ether oxygens (including phenoxy) is 2. The van der Waals surface area contributed by atoms with Gasteiger partial charge in [0.25, 0.3) is 5.69 Å². The van der Waals surface area contributed by atoms with Crippen molar-refractivity contribution in [2.24, 2.45) is 0 Å². The van der Waals surface area contributed by atoms with E-state index in [9.17, 15) is 14.9 Å². The summed E-state index contributed by atoms with van der Waals surface area (Å²) in [6, 6.07) is 10.6. The Labute approximate surface area is 170 Å². The molecule has 2 rings (SSSR count). The van der Waals surface area contributed by atoms with Crippen LogP contribution in [0, 0.1) is 10.1 Å². The molecule has 0 aromatic heterocycles. The average molecular weight is 401 g/mol. The number of carbonyl (C=O) groups is 1. The van der Waals surface area contributed by atoms with Crippen LogP contribution in [0.3, 0.4) is 0 Å². The number of carbonyl (C=O) groups excluding carboxylic acids is 1. The van der Waals surface area contributed by atoms with E-state index in [4.69, 9.17) is 9.47 Å². The number of nitro benzene ring substituents is 1. The van der Waals surface area contributed by atoms with Crippen molar-refractivity contribution in [2.75, 3.05) is 23.8 Å². The van der Waals surface area contributed by atoms with Gasteiger partial charge in [0.15, 0.2) is 11.5 Å². The van der Waals surface area contributed by atoms with Crippen LogP contribution in [-0.4, -0.2) is 30.1 Å². The highest BCUT2D eigenvalue weighted by Gasteiger charge is 2.15. The van der Waals surface area contributed by atoms with Gasteiger partial charge in [0.2, 0.25) is 5.91 Å². The van der Waals surface area contributed by atoms with Gasteiger partial charge in [0, 0.05) is 29.6 Å². The van der Waals surface area contributed by atoms with Crippen LogP contribution >= 0.6 is 0 Å². The monoisotopic (exact) mass is 401 g/mol. The van der Waals surface area contributed by atoms with Crippen LogP contribution in [0.15, 0.2) is 42.5 Å². The fraction of sp³-hybridized carbons (Fsp3) is 0.381. The molecule has 0 heterocycles. The molecule has 29 heavy (non-hydrogen) atoms. The van der Waals surface area contributed by atoms with Gasteiger partial charge < -0.3 is 20.1 Å². The number of nitro groups is 1. The van der Waals surface area contributed by atoms with E-state index in [1.807, 2.05) is 32.0 Å². The van der Waals surface area contributed by atoms with Crippen molar-refractivity contribution >= 4 is 23.0 Å². The highest BCUT2D eigenvalue weighted by Crippen LogP contribution is 2.31. The molecule has 156 valence electrons. The lowest BCUT2D eigenvalue weighted by molar-refractivity contribution is -0.384. The fourth-order valence-electron chi connectivity index (χ4n) is 2.49. The standard InChI is InChI=1S/C21H27N3O5/c1-4-12-28-19-11-8-17(14-20(19)29-13-5-2)22-15(3)21(25)23-16-6-9-18(10-7-16)24(26)27/h6-11,14-15,22H,4-5,12-13H2,1-3H3,(H,23,25). The number of hydrogen-bond acceptors (Lipinski definition) is 6. The number of hydrogen-bond donors (Lipinski definition) is 2. The Bertz CT molecular complexity index is 824. The van der Waals surface area contributed by atoms with Crippen LogP contribution in [0.1, 0.15) is 33.6 Å². The lowest BCUT2D eigenvalue weighted by atomic mass is 10.2. The van der Waals surface area contributed by atoms with E-state index in [0.717, 1.165) is 18.5 Å². The molecule has 2 aromatic carbocycles. The molecule has 0 radical (unpaired) electrons. The molecule has 0 saturated heterocycles. The molecule has 1 atom stereocenters. The van der Waals surface area contributed by atoms with Crippen LogP contribution in [0.5, 0.6) is 11.5 Å². The number of amides is 1. The molecule has 2 N–H and O–H groups in total. The predicted molar refractivity (Wildman–Crippen MR) is 113 cm³/mol. The summed E-state index contributed by atoms with van der Waals surface area (Å²) in [4.78, 5) is 22.7. The molecule has 0 aliphatic heterocycles. The number of nitrogens with zero attached hydrogens (tertiary/aromatic N) is 1. The third kappa shape index (κ3) is 6.67. The maximum Gasteiger partial charge on any atom is 0.269 e. The highest BCUT2D eigenvalue weighted by atomic mass is 16.6. The molecule has 0 spiro atoms. The zero-order valence-electron chi connectivity index (χ0n) is 16.9. The molecule has 0 bridgehead atoms. The molecule has 0 aliphatic carbocycles. The van der Waals surface area contributed by atoms with Gasteiger partial charge in [-0.15, -0.1) is 0 Å². The molecule has 2 aromatic rings. The van der Waals surface area contributed by atoms with Crippen LogP contribution < -0.4 is 20.1 Å². The molecule has 0 fully saturated rings. The van der Waals surface area contributed by atoms with Crippen molar-refractivity contribution in [3.8, 4) is 11.5 Å². The minimum atomic E-state index is -0.536. The minimum absolute atomic E-state index is 0.0286. The van der Waals surface area contributed by atoms with Crippen LogP contribution in [0.2, 0.25) is 0 Å². The van der Waals surface area contributed by atoms with Gasteiger partial charge in [-0.2, -0.15) is 0 Å². The number of rotatable bonds is 11. The van der Waals surface area contributed by atoms with Crippen LogP contribution in [-0.2, 0) is 4.79 Å². The van der Waals surface area contributed by atoms with Gasteiger partial charge in [0.1, 0.15) is 6.04 Å². The number of benzene rings is 2. The first-order valence-corrected chi connectivity index (χ1v) is 9.66. The van der Waals surface area contributed by atoms with Gasteiger partial charge in [-0.25, -0.2) is 0 Å². The van der Waals surface area contributed by atoms with E-state index in [1.165, 1.54) is 24.3 Å². The maximum absolute atomic E-state index is 12.4. The SMILES string of the molecule is CCCOc1ccc(NC(C)C(=O)Nc2ccc([N+](=O)[O-])cc2)cc1OCCC. The Kier molecular flexibility index (Phi) is 8.27. The lowest BCUT2D eigenvalue weighted by Crippen LogP contribution is -2.31. The topological polar surface area (TPSA) is 103 Å². The molecule has 1 unspecified atom stereocenters. The maximum atomic E-state index is 12.4. The quantitative estimate of drug-likeness (QED) is 0.421. The zero-order valence-corrected chi connectivity index (χ0v) is 16.9. The normalized spacial score (nSPS) is 11.4. The van der Waals surface area contributed by atoms with E-state index < -0.39 is 11.0 Å². The molecule has 1 amide bonds. The lowest BCUT2D eigenvalue weighted by Gasteiger charge is -2.18. The number of anilines is 2. The second-order valence-corrected chi connectivity index (χ2v) is 6.52. The summed E-state index contributed by atoms with van der Waals surface area (Å²) in [5, 5.41) is 16.6. The fourth-order valence-corrected chi connectivity index (χ4v) is 2.49. The molecule has 0 saturated carbocycles. The summed E-state index contributed by atoms with van der Waals surface area (Å²) < 4.78 is 11.5. The minimum Gasteiger partial charge on any atom is -0.490 e. The van der Waals surface area contributed by atoms with Gasteiger partial charge in [-0.1, -0.05) is 13.8 Å². The summed E-state index contributed by atoms with van der Waals surface area (Å²) in [6.07, 6.45) is 1.77. The van der Waals surface area contributed by atoms with Gasteiger partial charge in [-0.05, 0) is 44.0 Å². The van der Waals surface area contributed by atoms with E-state index >= 15 is 0 Å². The van der Waals surface area contributed by atoms with Crippen LogP contribution in [0.4, 0.5) is 17.1 Å². The first kappa shape index (κ1) is 22.0. The Hall–Kier alpha value is -3.29. The smallest absolute Gasteiger partial charge is 0.269 e. The van der Waals surface area contributed by atoms with Gasteiger partial charge in [-0.3, -0.25) is 14.9 Å². The van der Waals surface area contributed by atoms with Crippen LogP contribution in [0.25, 0.3) is 0 Å². The van der Waals surface area contributed by atoms with Crippen molar-refractivity contribution in [3.63, 3.8) is 0 Å². The molecular weight excluding hydrogens is 374 g/mol. The summed E-state index contributed by atoms with van der Waals surface area (Å²) >= 11 is 0. The van der Waals surface area contributed by atoms with Gasteiger partial charge >= 0.3 is 0 Å². The third-order valence-electron chi connectivity index (χ3n) is 3.99. The Morgan fingerprint density at radius 1 is 1.00 bits per heavy atom. The Morgan fingerprint density at radius 3 is 2.17 bits per heavy atom. The summed E-state index contributed by atoms with van der Waals surface area (Å²) in [7, 11) is 0. The number of nitrogens with one attached hydrogen (secondary N) is 2. The first-order valence-electron chi connectivity index (χ1n) is 9.66. The number of non-ortho nitro benzene ring substituents is 1. The van der Waals surface area contributed by atoms with Crippen molar-refractivity contribution in [2.45, 2.75) is 39.7 Å². The predicted octanol–water partition coefficient (Wildman–Crippen LogP) is 4.61. The average Bonchev–Trinajstić information content (AvgIpc) is 2.71. The summed E-state index contributed by atoms with van der Waals surface area (Å²) in [6.45, 7) is 6.97. The van der Waals surface area contributed by atoms with E-state index in [0.29, 0.717) is 30.4 Å². The van der Waals surface area contributed by atoms with Crippen molar-refractivity contribution < 1.29 is 19.2 Å².